The first kappa shape index (κ1) is 19.5. The summed E-state index contributed by atoms with van der Waals surface area (Å²) in [6.45, 7) is 2.52. The van der Waals surface area contributed by atoms with Gasteiger partial charge < -0.3 is 14.5 Å². The van der Waals surface area contributed by atoms with E-state index in [9.17, 15) is 4.79 Å². The predicted octanol–water partition coefficient (Wildman–Crippen LogP) is 3.25. The van der Waals surface area contributed by atoms with Crippen LogP contribution >= 0.6 is 0 Å². The Hall–Kier alpha value is -4.20. The van der Waals surface area contributed by atoms with Crippen molar-refractivity contribution in [1.82, 2.24) is 25.1 Å². The standard InChI is InChI=1S/C25H22N6O2/c32-24(23-19-10-4-6-12-21(19)33-22-13-7-5-11-20(22)23)29-14-16-30(17-15-29)25-26-27-28-31(25)18-8-2-1-3-9-18/h1-13,23H,14-17H2. The lowest BCUT2D eigenvalue weighted by molar-refractivity contribution is -0.132. The Bertz CT molecular complexity index is 1250. The molecule has 1 amide bonds. The van der Waals surface area contributed by atoms with Crippen LogP contribution in [0.25, 0.3) is 5.69 Å². The molecule has 2 aliphatic rings. The summed E-state index contributed by atoms with van der Waals surface area (Å²) < 4.78 is 7.80. The second kappa shape index (κ2) is 8.05. The molecule has 0 radical (unpaired) electrons. The summed E-state index contributed by atoms with van der Waals surface area (Å²) in [4.78, 5) is 17.8. The Morgan fingerprint density at radius 2 is 1.39 bits per heavy atom. The molecule has 1 aromatic heterocycles. The van der Waals surface area contributed by atoms with Crippen molar-refractivity contribution in [1.29, 1.82) is 0 Å². The van der Waals surface area contributed by atoms with Crippen LogP contribution in [0.2, 0.25) is 0 Å². The lowest BCUT2D eigenvalue weighted by atomic mass is 9.86. The predicted molar refractivity (Wildman–Crippen MR) is 123 cm³/mol. The second-order valence-corrected chi connectivity index (χ2v) is 8.15. The van der Waals surface area contributed by atoms with E-state index < -0.39 is 0 Å². The van der Waals surface area contributed by atoms with E-state index in [1.54, 1.807) is 4.68 Å². The first-order valence-corrected chi connectivity index (χ1v) is 11.0. The van der Waals surface area contributed by atoms with Gasteiger partial charge in [0.25, 0.3) is 0 Å². The third kappa shape index (κ3) is 3.40. The van der Waals surface area contributed by atoms with Gasteiger partial charge in [0.1, 0.15) is 11.5 Å². The number of hydrogen-bond donors (Lipinski definition) is 0. The molecule has 0 aliphatic carbocycles. The van der Waals surface area contributed by atoms with Crippen molar-refractivity contribution in [2.24, 2.45) is 0 Å². The maximum absolute atomic E-state index is 13.8. The van der Waals surface area contributed by atoms with Crippen molar-refractivity contribution in [3.05, 3.63) is 90.0 Å². The largest absolute Gasteiger partial charge is 0.457 e. The van der Waals surface area contributed by atoms with E-state index in [1.807, 2.05) is 83.8 Å². The number of ether oxygens (including phenoxy) is 1. The normalized spacial score (nSPS) is 15.5. The van der Waals surface area contributed by atoms with Gasteiger partial charge in [-0.2, -0.15) is 4.68 Å². The fourth-order valence-electron chi connectivity index (χ4n) is 4.60. The zero-order chi connectivity index (χ0) is 22.2. The summed E-state index contributed by atoms with van der Waals surface area (Å²) in [5.74, 6) is 1.91. The van der Waals surface area contributed by atoms with E-state index in [0.29, 0.717) is 32.1 Å². The lowest BCUT2D eigenvalue weighted by Gasteiger charge is -2.37. The van der Waals surface area contributed by atoms with E-state index in [0.717, 1.165) is 28.3 Å². The molecular formula is C25H22N6O2. The molecule has 0 atom stereocenters. The average Bonchev–Trinajstić information content (AvgIpc) is 3.37. The highest BCUT2D eigenvalue weighted by Crippen LogP contribution is 2.44. The molecule has 1 fully saturated rings. The highest BCUT2D eigenvalue weighted by Gasteiger charge is 2.36. The van der Waals surface area contributed by atoms with Crippen molar-refractivity contribution < 1.29 is 9.53 Å². The number of nitrogens with zero attached hydrogens (tertiary/aromatic N) is 6. The fraction of sp³-hybridized carbons (Fsp3) is 0.200. The Balaban J connectivity index is 1.23. The van der Waals surface area contributed by atoms with Gasteiger partial charge in [0.2, 0.25) is 11.9 Å². The average molecular weight is 438 g/mol. The molecule has 164 valence electrons. The molecule has 6 rings (SSSR count). The quantitative estimate of drug-likeness (QED) is 0.489. The van der Waals surface area contributed by atoms with E-state index in [4.69, 9.17) is 4.74 Å². The number of anilines is 1. The zero-order valence-electron chi connectivity index (χ0n) is 17.9. The van der Waals surface area contributed by atoms with Gasteiger partial charge in [-0.15, -0.1) is 0 Å². The van der Waals surface area contributed by atoms with Crippen LogP contribution < -0.4 is 9.64 Å². The molecule has 0 saturated carbocycles. The number of aromatic nitrogens is 4. The topological polar surface area (TPSA) is 76.4 Å². The smallest absolute Gasteiger partial charge is 0.250 e. The number of carbonyl (C=O) groups is 1. The van der Waals surface area contributed by atoms with Gasteiger partial charge in [0.15, 0.2) is 0 Å². The number of amides is 1. The van der Waals surface area contributed by atoms with Gasteiger partial charge in [0, 0.05) is 37.3 Å². The molecule has 0 N–H and O–H groups in total. The van der Waals surface area contributed by atoms with Crippen molar-refractivity contribution in [2.45, 2.75) is 5.92 Å². The summed E-state index contributed by atoms with van der Waals surface area (Å²) in [5.41, 5.74) is 2.74. The van der Waals surface area contributed by atoms with Gasteiger partial charge in [-0.3, -0.25) is 4.79 Å². The third-order valence-corrected chi connectivity index (χ3v) is 6.25. The molecule has 2 aliphatic heterocycles. The molecule has 0 bridgehead atoms. The first-order valence-electron chi connectivity index (χ1n) is 11.0. The Morgan fingerprint density at radius 3 is 2.06 bits per heavy atom. The molecule has 8 heteroatoms. The molecule has 4 aromatic rings. The van der Waals surface area contributed by atoms with E-state index in [2.05, 4.69) is 20.4 Å². The molecular weight excluding hydrogens is 416 g/mol. The molecule has 33 heavy (non-hydrogen) atoms. The van der Waals surface area contributed by atoms with Crippen LogP contribution in [-0.4, -0.2) is 57.2 Å². The van der Waals surface area contributed by atoms with E-state index >= 15 is 0 Å². The van der Waals surface area contributed by atoms with Gasteiger partial charge in [-0.1, -0.05) is 59.7 Å². The SMILES string of the molecule is O=C(C1c2ccccc2Oc2ccccc21)N1CCN(c2nnnn2-c2ccccc2)CC1. The number of hydrogen-bond acceptors (Lipinski definition) is 6. The number of benzene rings is 3. The molecule has 0 unspecified atom stereocenters. The second-order valence-electron chi connectivity index (χ2n) is 8.15. The Morgan fingerprint density at radius 1 is 0.788 bits per heavy atom. The lowest BCUT2D eigenvalue weighted by Crippen LogP contribution is -2.51. The van der Waals surface area contributed by atoms with Gasteiger partial charge in [-0.05, 0) is 34.7 Å². The van der Waals surface area contributed by atoms with Crippen LogP contribution in [0.4, 0.5) is 5.95 Å². The fourth-order valence-corrected chi connectivity index (χ4v) is 4.60. The molecule has 8 nitrogen and oxygen atoms in total. The number of carbonyl (C=O) groups excluding carboxylic acids is 1. The van der Waals surface area contributed by atoms with Crippen molar-refractivity contribution in [3.63, 3.8) is 0 Å². The Labute approximate surface area is 191 Å². The molecule has 0 spiro atoms. The van der Waals surface area contributed by atoms with Crippen LogP contribution in [-0.2, 0) is 4.79 Å². The zero-order valence-corrected chi connectivity index (χ0v) is 17.9. The summed E-state index contributed by atoms with van der Waals surface area (Å²) in [6, 6.07) is 25.4. The monoisotopic (exact) mass is 438 g/mol. The minimum absolute atomic E-state index is 0.0977. The van der Waals surface area contributed by atoms with Gasteiger partial charge in [-0.25, -0.2) is 0 Å². The summed E-state index contributed by atoms with van der Waals surface area (Å²) in [6.07, 6.45) is 0. The maximum Gasteiger partial charge on any atom is 0.250 e. The van der Waals surface area contributed by atoms with E-state index in [1.165, 1.54) is 0 Å². The van der Waals surface area contributed by atoms with Crippen LogP contribution in [0.3, 0.4) is 0 Å². The molecule has 1 saturated heterocycles. The van der Waals surface area contributed by atoms with Crippen molar-refractivity contribution >= 4 is 11.9 Å². The number of fused-ring (bicyclic) bond motifs is 2. The van der Waals surface area contributed by atoms with Gasteiger partial charge in [0.05, 0.1) is 11.6 Å². The molecule has 3 aromatic carbocycles. The maximum atomic E-state index is 13.8. The Kier molecular flexibility index (Phi) is 4.75. The van der Waals surface area contributed by atoms with Crippen LogP contribution in [0, 0.1) is 0 Å². The van der Waals surface area contributed by atoms with Gasteiger partial charge >= 0.3 is 0 Å². The number of rotatable bonds is 3. The van der Waals surface area contributed by atoms with E-state index in [-0.39, 0.29) is 11.8 Å². The number of piperazine rings is 1. The number of para-hydroxylation sites is 3. The highest BCUT2D eigenvalue weighted by atomic mass is 16.5. The van der Waals surface area contributed by atoms with Crippen LogP contribution in [0.1, 0.15) is 17.0 Å². The number of tetrazole rings is 1. The first-order chi connectivity index (χ1) is 16.3. The third-order valence-electron chi connectivity index (χ3n) is 6.25. The highest BCUT2D eigenvalue weighted by molar-refractivity contribution is 5.90. The van der Waals surface area contributed by atoms with Crippen LogP contribution in [0.5, 0.6) is 11.5 Å². The van der Waals surface area contributed by atoms with Crippen molar-refractivity contribution in [2.75, 3.05) is 31.1 Å². The minimum Gasteiger partial charge on any atom is -0.457 e. The summed E-state index contributed by atoms with van der Waals surface area (Å²) in [7, 11) is 0. The molecule has 3 heterocycles. The van der Waals surface area contributed by atoms with Crippen LogP contribution in [0.15, 0.2) is 78.9 Å². The van der Waals surface area contributed by atoms with Crippen molar-refractivity contribution in [3.8, 4) is 17.2 Å². The summed E-state index contributed by atoms with van der Waals surface area (Å²) in [5, 5.41) is 12.3. The summed E-state index contributed by atoms with van der Waals surface area (Å²) >= 11 is 0. The minimum atomic E-state index is -0.368.